The zero-order valence-corrected chi connectivity index (χ0v) is 28.6. The van der Waals surface area contributed by atoms with E-state index in [1.807, 2.05) is 54.6 Å². The van der Waals surface area contributed by atoms with Crippen LogP contribution in [0.15, 0.2) is 133 Å². The molecule has 0 saturated heterocycles. The van der Waals surface area contributed by atoms with Gasteiger partial charge in [0.25, 0.3) is 0 Å². The van der Waals surface area contributed by atoms with E-state index in [0.717, 1.165) is 35.2 Å². The number of nitrogens with zero attached hydrogens (tertiary/aromatic N) is 4. The normalized spacial score (nSPS) is 20.2. The van der Waals surface area contributed by atoms with Crippen LogP contribution in [0.2, 0.25) is 0 Å². The molecule has 1 fully saturated rings. The first-order valence-corrected chi connectivity index (χ1v) is 16.9. The summed E-state index contributed by atoms with van der Waals surface area (Å²) < 4.78 is 57.1. The molecule has 11 heteroatoms. The Kier molecular flexibility index (Phi) is 11.1. The Hall–Kier alpha value is -5.16. The van der Waals surface area contributed by atoms with E-state index in [0.29, 0.717) is 31.9 Å². The number of oxime groups is 1. The zero-order valence-electron chi connectivity index (χ0n) is 28.6. The quantitative estimate of drug-likeness (QED) is 0.0853. The molecule has 266 valence electrons. The van der Waals surface area contributed by atoms with E-state index in [4.69, 9.17) is 14.3 Å². The fourth-order valence-corrected chi connectivity index (χ4v) is 7.14. The van der Waals surface area contributed by atoms with Crippen LogP contribution in [0.25, 0.3) is 0 Å². The highest BCUT2D eigenvalue weighted by atomic mass is 19.4. The van der Waals surface area contributed by atoms with Gasteiger partial charge in [-0.1, -0.05) is 103 Å². The predicted molar refractivity (Wildman–Crippen MR) is 187 cm³/mol. The minimum Gasteiger partial charge on any atom is -0.493 e. The third kappa shape index (κ3) is 8.42. The van der Waals surface area contributed by atoms with Crippen molar-refractivity contribution in [3.8, 4) is 11.5 Å². The lowest BCUT2D eigenvalue weighted by atomic mass is 9.63. The summed E-state index contributed by atoms with van der Waals surface area (Å²) in [6.45, 7) is 3.43. The molecule has 0 bridgehead atoms. The van der Waals surface area contributed by atoms with Gasteiger partial charge in [-0.2, -0.15) is 5.10 Å². The molecule has 1 aliphatic carbocycles. The summed E-state index contributed by atoms with van der Waals surface area (Å²) in [7, 11) is 1.55. The van der Waals surface area contributed by atoms with Crippen LogP contribution in [-0.4, -0.2) is 47.2 Å². The van der Waals surface area contributed by atoms with Gasteiger partial charge in [-0.25, -0.2) is 4.98 Å². The number of hydrogen-bond acceptors (Lipinski definition) is 7. The Bertz CT molecular complexity index is 1730. The van der Waals surface area contributed by atoms with Gasteiger partial charge in [-0.3, -0.25) is 4.68 Å². The second-order valence-corrected chi connectivity index (χ2v) is 13.0. The molecule has 5 aromatic rings. The number of rotatable bonds is 14. The van der Waals surface area contributed by atoms with Crippen LogP contribution in [0.4, 0.5) is 13.2 Å². The first-order chi connectivity index (χ1) is 24.7. The standard InChI is InChI=1S/C40H41F3N4O4/c1-38(24-25-50-39(31-12-6-3-7-13-31,32-14-8-4-9-15-32)33-16-10-5-11-17-33)23-22-30(36(37(38)46-48-2)26-47-29-44-28-45-47)27-49-34-18-20-35(21-19-34)51-40(41,42)43/h3-21,28-30,36H,22-27H2,1-2H3/t30-,36-,38-/m0/s1. The van der Waals surface area contributed by atoms with Crippen molar-refractivity contribution in [3.63, 3.8) is 0 Å². The number of hydrogen-bond donors (Lipinski definition) is 0. The van der Waals surface area contributed by atoms with Gasteiger partial charge < -0.3 is 19.0 Å². The lowest BCUT2D eigenvalue weighted by Crippen LogP contribution is -2.47. The molecule has 8 nitrogen and oxygen atoms in total. The van der Waals surface area contributed by atoms with Crippen LogP contribution in [0.3, 0.4) is 0 Å². The summed E-state index contributed by atoms with van der Waals surface area (Å²) in [5.41, 5.74) is 2.71. The number of ether oxygens (including phenoxy) is 3. The summed E-state index contributed by atoms with van der Waals surface area (Å²) in [4.78, 5) is 9.65. The van der Waals surface area contributed by atoms with Gasteiger partial charge in [0.2, 0.25) is 0 Å². The third-order valence-electron chi connectivity index (χ3n) is 9.68. The summed E-state index contributed by atoms with van der Waals surface area (Å²) in [6.07, 6.45) is 0.647. The summed E-state index contributed by atoms with van der Waals surface area (Å²) in [5.74, 6) is -0.00411. The SMILES string of the molecule is CON=C1[C@@H](Cn2cncn2)[C@H](COc2ccc(OC(F)(F)F)cc2)CC[C@@]1(C)CCOC(c1ccccc1)(c1ccccc1)c1ccccc1. The minimum atomic E-state index is -4.76. The van der Waals surface area contributed by atoms with Crippen molar-refractivity contribution in [3.05, 3.63) is 145 Å². The molecule has 0 N–H and O–H groups in total. The van der Waals surface area contributed by atoms with Crippen LogP contribution in [-0.2, 0) is 21.7 Å². The molecular formula is C40H41F3N4O4. The minimum absolute atomic E-state index is 0.000224. The predicted octanol–water partition coefficient (Wildman–Crippen LogP) is 8.69. The maximum Gasteiger partial charge on any atom is 0.573 e. The van der Waals surface area contributed by atoms with Gasteiger partial charge in [0, 0.05) is 23.9 Å². The Balaban J connectivity index is 1.26. The molecule has 1 heterocycles. The summed E-state index contributed by atoms with van der Waals surface area (Å²) >= 11 is 0. The number of benzene rings is 4. The lowest BCUT2D eigenvalue weighted by molar-refractivity contribution is -0.274. The molecule has 0 amide bonds. The van der Waals surface area contributed by atoms with Crippen molar-refractivity contribution in [1.29, 1.82) is 0 Å². The molecule has 0 radical (unpaired) electrons. The van der Waals surface area contributed by atoms with Crippen molar-refractivity contribution in [2.24, 2.45) is 22.4 Å². The van der Waals surface area contributed by atoms with Gasteiger partial charge in [0.1, 0.15) is 36.9 Å². The first-order valence-electron chi connectivity index (χ1n) is 16.9. The second-order valence-electron chi connectivity index (χ2n) is 13.0. The fourth-order valence-electron chi connectivity index (χ4n) is 7.14. The lowest BCUT2D eigenvalue weighted by Gasteiger charge is -2.44. The van der Waals surface area contributed by atoms with Crippen LogP contribution < -0.4 is 9.47 Å². The van der Waals surface area contributed by atoms with E-state index in [1.165, 1.54) is 30.6 Å². The highest BCUT2D eigenvalue weighted by molar-refractivity contribution is 5.92. The highest BCUT2D eigenvalue weighted by Gasteiger charge is 2.46. The molecule has 51 heavy (non-hydrogen) atoms. The molecule has 3 atom stereocenters. The van der Waals surface area contributed by atoms with Crippen molar-refractivity contribution < 1.29 is 32.2 Å². The van der Waals surface area contributed by atoms with E-state index in [2.05, 4.69) is 63.3 Å². The van der Waals surface area contributed by atoms with Crippen LogP contribution in [0.5, 0.6) is 11.5 Å². The fraction of sp³-hybridized carbons (Fsp3) is 0.325. The van der Waals surface area contributed by atoms with Crippen molar-refractivity contribution in [2.45, 2.75) is 44.7 Å². The Morgan fingerprint density at radius 1 is 0.824 bits per heavy atom. The molecule has 1 aromatic heterocycles. The van der Waals surface area contributed by atoms with Gasteiger partial charge in [0.05, 0.1) is 18.9 Å². The van der Waals surface area contributed by atoms with Gasteiger partial charge in [-0.05, 0) is 60.2 Å². The van der Waals surface area contributed by atoms with E-state index in [-0.39, 0.29) is 17.6 Å². The second kappa shape index (κ2) is 15.8. The molecule has 4 aromatic carbocycles. The summed E-state index contributed by atoms with van der Waals surface area (Å²) in [6, 6.07) is 36.3. The molecule has 1 aliphatic rings. The van der Waals surface area contributed by atoms with Crippen LogP contribution in [0.1, 0.15) is 42.9 Å². The van der Waals surface area contributed by atoms with Gasteiger partial charge in [-0.15, -0.1) is 13.2 Å². The molecule has 0 unspecified atom stereocenters. The number of aromatic nitrogens is 3. The van der Waals surface area contributed by atoms with E-state index < -0.39 is 17.4 Å². The molecular weight excluding hydrogens is 657 g/mol. The topological polar surface area (TPSA) is 80.0 Å². The molecule has 0 spiro atoms. The number of alkyl halides is 3. The maximum absolute atomic E-state index is 12.7. The maximum atomic E-state index is 12.7. The Labute approximate surface area is 295 Å². The molecule has 1 saturated carbocycles. The van der Waals surface area contributed by atoms with Gasteiger partial charge in [0.15, 0.2) is 0 Å². The molecule has 0 aliphatic heterocycles. The summed E-state index contributed by atoms with van der Waals surface area (Å²) in [5, 5.41) is 9.04. The van der Waals surface area contributed by atoms with Crippen molar-refractivity contribution in [1.82, 2.24) is 14.8 Å². The van der Waals surface area contributed by atoms with E-state index in [9.17, 15) is 13.2 Å². The zero-order chi connectivity index (χ0) is 35.7. The van der Waals surface area contributed by atoms with Crippen molar-refractivity contribution in [2.75, 3.05) is 20.3 Å². The smallest absolute Gasteiger partial charge is 0.493 e. The molecule has 6 rings (SSSR count). The van der Waals surface area contributed by atoms with E-state index in [1.54, 1.807) is 18.1 Å². The Morgan fingerprint density at radius 2 is 1.39 bits per heavy atom. The Morgan fingerprint density at radius 3 is 1.90 bits per heavy atom. The average molecular weight is 699 g/mol. The average Bonchev–Trinajstić information content (AvgIpc) is 3.66. The largest absolute Gasteiger partial charge is 0.573 e. The van der Waals surface area contributed by atoms with Crippen LogP contribution >= 0.6 is 0 Å². The van der Waals surface area contributed by atoms with Crippen LogP contribution in [0, 0.1) is 17.3 Å². The van der Waals surface area contributed by atoms with E-state index >= 15 is 0 Å². The number of halogens is 3. The van der Waals surface area contributed by atoms with Crippen molar-refractivity contribution >= 4 is 5.71 Å². The first kappa shape index (κ1) is 35.7. The highest BCUT2D eigenvalue weighted by Crippen LogP contribution is 2.46. The monoisotopic (exact) mass is 698 g/mol. The van der Waals surface area contributed by atoms with Gasteiger partial charge >= 0.3 is 6.36 Å². The third-order valence-corrected chi connectivity index (χ3v) is 9.68.